The van der Waals surface area contributed by atoms with Crippen molar-refractivity contribution in [2.24, 2.45) is 11.5 Å². The van der Waals surface area contributed by atoms with Gasteiger partial charge in [0.15, 0.2) is 0 Å². The van der Waals surface area contributed by atoms with Crippen LogP contribution in [0.3, 0.4) is 0 Å². The van der Waals surface area contributed by atoms with Crippen LogP contribution >= 0.6 is 0 Å². The summed E-state index contributed by atoms with van der Waals surface area (Å²) >= 11 is 0. The minimum Gasteiger partial charge on any atom is -0.469 e. The highest BCUT2D eigenvalue weighted by Crippen LogP contribution is 2.17. The zero-order valence-corrected chi connectivity index (χ0v) is 11.6. The van der Waals surface area contributed by atoms with Crippen LogP contribution in [0.2, 0.25) is 0 Å². The monoisotopic (exact) mass is 287 g/mol. The molecule has 6 nitrogen and oxygen atoms in total. The smallest absolute Gasteiger partial charge is 0.248 e. The minimum atomic E-state index is -0.611. The highest BCUT2D eigenvalue weighted by Gasteiger charge is 2.11. The number of anilines is 1. The van der Waals surface area contributed by atoms with Crippen LogP contribution in [-0.2, 0) is 6.42 Å². The zero-order chi connectivity index (χ0) is 15.4. The van der Waals surface area contributed by atoms with Gasteiger partial charge in [-0.15, -0.1) is 0 Å². The van der Waals surface area contributed by atoms with Gasteiger partial charge >= 0.3 is 0 Å². The number of nitrogens with one attached hydrogen (secondary N) is 1. The van der Waals surface area contributed by atoms with Gasteiger partial charge in [-0.05, 0) is 37.3 Å². The SMILES string of the molecule is CC(Cc1ccco1)Nc1cc(C(N)=O)cc(C(N)=O)c1. The average Bonchev–Trinajstić information content (AvgIpc) is 2.90. The van der Waals surface area contributed by atoms with E-state index in [1.165, 1.54) is 6.07 Å². The predicted molar refractivity (Wildman–Crippen MR) is 79.0 cm³/mol. The Bertz CT molecular complexity index is 618. The number of amides is 2. The number of hydrogen-bond acceptors (Lipinski definition) is 4. The molecule has 0 aliphatic rings. The largest absolute Gasteiger partial charge is 0.469 e. The van der Waals surface area contributed by atoms with Crippen LogP contribution in [0.1, 0.15) is 33.4 Å². The number of furan rings is 1. The summed E-state index contributed by atoms with van der Waals surface area (Å²) in [6.45, 7) is 1.96. The first-order valence-electron chi connectivity index (χ1n) is 6.49. The first-order valence-corrected chi connectivity index (χ1v) is 6.49. The molecule has 0 radical (unpaired) electrons. The quantitative estimate of drug-likeness (QED) is 0.747. The van der Waals surface area contributed by atoms with Crippen molar-refractivity contribution in [2.75, 3.05) is 5.32 Å². The maximum atomic E-state index is 11.3. The molecule has 1 heterocycles. The lowest BCUT2D eigenvalue weighted by molar-refractivity contribution is 0.0999. The molecule has 21 heavy (non-hydrogen) atoms. The van der Waals surface area contributed by atoms with Crippen molar-refractivity contribution in [1.29, 1.82) is 0 Å². The average molecular weight is 287 g/mol. The summed E-state index contributed by atoms with van der Waals surface area (Å²) in [4.78, 5) is 22.6. The fourth-order valence-electron chi connectivity index (χ4n) is 2.06. The van der Waals surface area contributed by atoms with Crippen molar-refractivity contribution in [2.45, 2.75) is 19.4 Å². The van der Waals surface area contributed by atoms with Gasteiger partial charge in [0.2, 0.25) is 11.8 Å². The van der Waals surface area contributed by atoms with Gasteiger partial charge in [0.1, 0.15) is 5.76 Å². The number of carbonyl (C=O) groups is 2. The van der Waals surface area contributed by atoms with Crippen molar-refractivity contribution in [3.63, 3.8) is 0 Å². The van der Waals surface area contributed by atoms with Crippen molar-refractivity contribution < 1.29 is 14.0 Å². The van der Waals surface area contributed by atoms with Gasteiger partial charge in [0.25, 0.3) is 0 Å². The van der Waals surface area contributed by atoms with E-state index in [0.717, 1.165) is 5.76 Å². The van der Waals surface area contributed by atoms with Gasteiger partial charge in [-0.25, -0.2) is 0 Å². The molecule has 110 valence electrons. The molecule has 2 aromatic rings. The standard InChI is InChI=1S/C15H17N3O3/c1-9(5-13-3-2-4-21-13)18-12-7-10(14(16)19)6-11(8-12)15(17)20/h2-4,6-9,18H,5H2,1H3,(H2,16,19)(H2,17,20). The summed E-state index contributed by atoms with van der Waals surface area (Å²) in [5.41, 5.74) is 11.6. The van der Waals surface area contributed by atoms with E-state index in [1.54, 1.807) is 18.4 Å². The first kappa shape index (κ1) is 14.6. The Morgan fingerprint density at radius 2 is 1.81 bits per heavy atom. The van der Waals surface area contributed by atoms with Crippen molar-refractivity contribution in [3.8, 4) is 0 Å². The lowest BCUT2D eigenvalue weighted by atomic mass is 10.1. The van der Waals surface area contributed by atoms with Crippen LogP contribution in [0, 0.1) is 0 Å². The molecule has 1 aromatic heterocycles. The molecule has 2 rings (SSSR count). The van der Waals surface area contributed by atoms with Crippen molar-refractivity contribution >= 4 is 17.5 Å². The Kier molecular flexibility index (Phi) is 4.27. The number of nitrogens with two attached hydrogens (primary N) is 2. The van der Waals surface area contributed by atoms with Crippen LogP contribution in [-0.4, -0.2) is 17.9 Å². The lowest BCUT2D eigenvalue weighted by Gasteiger charge is -2.15. The van der Waals surface area contributed by atoms with E-state index in [0.29, 0.717) is 12.1 Å². The molecule has 6 heteroatoms. The third-order valence-corrected chi connectivity index (χ3v) is 3.00. The number of primary amides is 2. The molecular weight excluding hydrogens is 270 g/mol. The van der Waals surface area contributed by atoms with Gasteiger partial charge in [-0.2, -0.15) is 0 Å². The van der Waals surface area contributed by atoms with E-state index in [4.69, 9.17) is 15.9 Å². The van der Waals surface area contributed by atoms with E-state index in [-0.39, 0.29) is 17.2 Å². The van der Waals surface area contributed by atoms with E-state index in [2.05, 4.69) is 5.32 Å². The van der Waals surface area contributed by atoms with E-state index in [9.17, 15) is 9.59 Å². The molecular formula is C15H17N3O3. The van der Waals surface area contributed by atoms with Crippen LogP contribution < -0.4 is 16.8 Å². The molecule has 0 spiro atoms. The lowest BCUT2D eigenvalue weighted by Crippen LogP contribution is -2.20. The third kappa shape index (κ3) is 3.85. The van der Waals surface area contributed by atoms with Crippen molar-refractivity contribution in [3.05, 3.63) is 53.5 Å². The second-order valence-electron chi connectivity index (χ2n) is 4.86. The summed E-state index contributed by atoms with van der Waals surface area (Å²) in [6.07, 6.45) is 2.28. The molecule has 0 aliphatic heterocycles. The molecule has 0 saturated carbocycles. The molecule has 5 N–H and O–H groups in total. The zero-order valence-electron chi connectivity index (χ0n) is 11.6. The topological polar surface area (TPSA) is 111 Å². The molecule has 1 aromatic carbocycles. The number of hydrogen-bond donors (Lipinski definition) is 3. The summed E-state index contributed by atoms with van der Waals surface area (Å²) in [7, 11) is 0. The highest BCUT2D eigenvalue weighted by molar-refractivity contribution is 5.99. The summed E-state index contributed by atoms with van der Waals surface area (Å²) in [5.74, 6) is -0.379. The Balaban J connectivity index is 2.18. The first-order chi connectivity index (χ1) is 9.95. The number of carbonyl (C=O) groups excluding carboxylic acids is 2. The highest BCUT2D eigenvalue weighted by atomic mass is 16.3. The fourth-order valence-corrected chi connectivity index (χ4v) is 2.06. The molecule has 0 bridgehead atoms. The molecule has 0 fully saturated rings. The summed E-state index contributed by atoms with van der Waals surface area (Å²) in [5, 5.41) is 3.20. The molecule has 1 atom stereocenters. The Hall–Kier alpha value is -2.76. The van der Waals surface area contributed by atoms with Crippen LogP contribution in [0.15, 0.2) is 41.0 Å². The van der Waals surface area contributed by atoms with Crippen LogP contribution in [0.5, 0.6) is 0 Å². The molecule has 2 amide bonds. The molecule has 0 aliphatic carbocycles. The van der Waals surface area contributed by atoms with E-state index < -0.39 is 11.8 Å². The Labute approximate surface area is 122 Å². The number of rotatable bonds is 6. The summed E-state index contributed by atoms with van der Waals surface area (Å²) in [6, 6.07) is 8.31. The second kappa shape index (κ2) is 6.13. The Morgan fingerprint density at radius 1 is 1.19 bits per heavy atom. The van der Waals surface area contributed by atoms with Gasteiger partial charge < -0.3 is 21.2 Å². The fraction of sp³-hybridized carbons (Fsp3) is 0.200. The minimum absolute atomic E-state index is 0.0417. The Morgan fingerprint density at radius 3 is 2.29 bits per heavy atom. The second-order valence-corrected chi connectivity index (χ2v) is 4.86. The normalized spacial score (nSPS) is 11.9. The van der Waals surface area contributed by atoms with Crippen LogP contribution in [0.25, 0.3) is 0 Å². The number of benzene rings is 1. The van der Waals surface area contributed by atoms with Gasteiger partial charge in [-0.1, -0.05) is 0 Å². The predicted octanol–water partition coefficient (Wildman–Crippen LogP) is 1.52. The van der Waals surface area contributed by atoms with Crippen LogP contribution in [0.4, 0.5) is 5.69 Å². The third-order valence-electron chi connectivity index (χ3n) is 3.00. The van der Waals surface area contributed by atoms with E-state index in [1.807, 2.05) is 19.1 Å². The van der Waals surface area contributed by atoms with E-state index >= 15 is 0 Å². The molecule has 0 saturated heterocycles. The molecule has 1 unspecified atom stereocenters. The summed E-state index contributed by atoms with van der Waals surface area (Å²) < 4.78 is 5.28. The van der Waals surface area contributed by atoms with Gasteiger partial charge in [0, 0.05) is 29.3 Å². The maximum Gasteiger partial charge on any atom is 0.248 e. The van der Waals surface area contributed by atoms with Gasteiger partial charge in [0.05, 0.1) is 6.26 Å². The maximum absolute atomic E-state index is 11.3. The van der Waals surface area contributed by atoms with Crippen molar-refractivity contribution in [1.82, 2.24) is 0 Å². The van der Waals surface area contributed by atoms with Gasteiger partial charge in [-0.3, -0.25) is 9.59 Å².